The number of nitrogens with zero attached hydrogens (tertiary/aromatic N) is 1. The summed E-state index contributed by atoms with van der Waals surface area (Å²) in [4.78, 5) is 25.8. The van der Waals surface area contributed by atoms with Crippen LogP contribution in [0.25, 0.3) is 0 Å². The summed E-state index contributed by atoms with van der Waals surface area (Å²) >= 11 is 0. The average molecular weight is 301 g/mol. The van der Waals surface area contributed by atoms with Crippen LogP contribution in [0.15, 0.2) is 0 Å². The van der Waals surface area contributed by atoms with Crippen molar-refractivity contribution in [2.75, 3.05) is 13.7 Å². The van der Waals surface area contributed by atoms with Gasteiger partial charge < -0.3 is 14.2 Å². The van der Waals surface area contributed by atoms with Crippen LogP contribution in [0.4, 0.5) is 4.79 Å². The van der Waals surface area contributed by atoms with Gasteiger partial charge in [0.2, 0.25) is 0 Å². The topological polar surface area (TPSA) is 65.1 Å². The zero-order valence-corrected chi connectivity index (χ0v) is 13.7. The summed E-state index contributed by atoms with van der Waals surface area (Å²) in [7, 11) is 1.52. The predicted molar refractivity (Wildman–Crippen MR) is 77.8 cm³/mol. The third-order valence-electron chi connectivity index (χ3n) is 3.22. The fraction of sp³-hybridized carbons (Fsp3) is 0.867. The lowest BCUT2D eigenvalue weighted by Gasteiger charge is -2.30. The summed E-state index contributed by atoms with van der Waals surface area (Å²) in [5, 5.41) is 0. The number of likely N-dealkylation sites (tertiary alicyclic amines) is 1. The van der Waals surface area contributed by atoms with Gasteiger partial charge in [-0.05, 0) is 40.0 Å². The number of carbonyl (C=O) groups is 2. The number of ether oxygens (including phenoxy) is 3. The van der Waals surface area contributed by atoms with Gasteiger partial charge in [0.1, 0.15) is 17.9 Å². The monoisotopic (exact) mass is 301 g/mol. The number of esters is 1. The molecule has 0 aromatic heterocycles. The van der Waals surface area contributed by atoms with E-state index in [9.17, 15) is 9.59 Å². The Labute approximate surface area is 126 Å². The molecule has 6 nitrogen and oxygen atoms in total. The van der Waals surface area contributed by atoms with Crippen LogP contribution in [-0.2, 0) is 19.0 Å². The fourth-order valence-corrected chi connectivity index (χ4v) is 2.21. The Morgan fingerprint density at radius 3 is 2.43 bits per heavy atom. The molecule has 1 fully saturated rings. The maximum absolute atomic E-state index is 12.3. The van der Waals surface area contributed by atoms with Crippen molar-refractivity contribution >= 4 is 12.1 Å². The van der Waals surface area contributed by atoms with Gasteiger partial charge >= 0.3 is 12.1 Å². The molecule has 1 aliphatic heterocycles. The lowest BCUT2D eigenvalue weighted by molar-refractivity contribution is -0.151. The average Bonchev–Trinajstić information content (AvgIpc) is 2.80. The van der Waals surface area contributed by atoms with Gasteiger partial charge in [-0.3, -0.25) is 4.90 Å². The van der Waals surface area contributed by atoms with E-state index in [1.165, 1.54) is 12.0 Å². The molecule has 21 heavy (non-hydrogen) atoms. The van der Waals surface area contributed by atoms with Crippen molar-refractivity contribution in [3.8, 4) is 0 Å². The Morgan fingerprint density at radius 2 is 1.90 bits per heavy atom. The van der Waals surface area contributed by atoms with Crippen molar-refractivity contribution in [3.63, 3.8) is 0 Å². The van der Waals surface area contributed by atoms with Crippen molar-refractivity contribution in [1.29, 1.82) is 0 Å². The van der Waals surface area contributed by atoms with Crippen LogP contribution in [0.2, 0.25) is 0 Å². The van der Waals surface area contributed by atoms with E-state index in [2.05, 4.69) is 0 Å². The lowest BCUT2D eigenvalue weighted by atomic mass is 10.2. The highest BCUT2D eigenvalue weighted by atomic mass is 16.6. The third-order valence-corrected chi connectivity index (χ3v) is 3.22. The smallest absolute Gasteiger partial charge is 0.413 e. The van der Waals surface area contributed by atoms with E-state index >= 15 is 0 Å². The Hall–Kier alpha value is -1.30. The minimum atomic E-state index is -0.623. The number of hydrogen-bond donors (Lipinski definition) is 0. The molecule has 1 amide bonds. The summed E-state index contributed by atoms with van der Waals surface area (Å²) in [6.07, 6.45) is 1.92. The first-order valence-corrected chi connectivity index (χ1v) is 7.51. The molecule has 0 aromatic rings. The molecule has 1 aliphatic rings. The van der Waals surface area contributed by atoms with E-state index in [-0.39, 0.29) is 5.97 Å². The van der Waals surface area contributed by atoms with Gasteiger partial charge in [0, 0.05) is 7.11 Å². The summed E-state index contributed by atoms with van der Waals surface area (Å²) < 4.78 is 15.9. The molecule has 1 saturated heterocycles. The molecule has 1 rings (SSSR count). The van der Waals surface area contributed by atoms with E-state index in [0.717, 1.165) is 12.8 Å². The molecule has 122 valence electrons. The second-order valence-electron chi connectivity index (χ2n) is 6.19. The summed E-state index contributed by atoms with van der Waals surface area (Å²) in [5.41, 5.74) is -0.616. The number of carbonyl (C=O) groups excluding carboxylic acids is 2. The van der Waals surface area contributed by atoms with Gasteiger partial charge in [-0.25, -0.2) is 9.59 Å². The minimum Gasteiger partial charge on any atom is -0.464 e. The number of unbranched alkanes of at least 4 members (excludes halogenated alkanes) is 1. The molecule has 1 unspecified atom stereocenters. The van der Waals surface area contributed by atoms with Gasteiger partial charge in [0.15, 0.2) is 0 Å². The molecule has 0 aliphatic carbocycles. The summed E-state index contributed by atoms with van der Waals surface area (Å²) in [6, 6.07) is -0.623. The second-order valence-corrected chi connectivity index (χ2v) is 6.19. The Balaban J connectivity index is 2.73. The molecule has 0 spiro atoms. The van der Waals surface area contributed by atoms with Crippen molar-refractivity contribution in [1.82, 2.24) is 4.90 Å². The van der Waals surface area contributed by atoms with Crippen LogP contribution >= 0.6 is 0 Å². The first-order valence-electron chi connectivity index (χ1n) is 7.51. The predicted octanol–water partition coefficient (Wildman–Crippen LogP) is 2.70. The van der Waals surface area contributed by atoms with Crippen LogP contribution < -0.4 is 0 Å². The third kappa shape index (κ3) is 5.19. The summed E-state index contributed by atoms with van der Waals surface area (Å²) in [5.74, 6) is -0.381. The molecule has 0 radical (unpaired) electrons. The van der Waals surface area contributed by atoms with E-state index in [1.807, 2.05) is 6.92 Å². The highest BCUT2D eigenvalue weighted by Gasteiger charge is 2.44. The first kappa shape index (κ1) is 17.8. The number of methoxy groups -OCH3 is 1. The first-order chi connectivity index (χ1) is 9.80. The van der Waals surface area contributed by atoms with E-state index in [1.54, 1.807) is 20.8 Å². The molecular formula is C15H27NO5. The van der Waals surface area contributed by atoms with E-state index < -0.39 is 24.0 Å². The number of hydrogen-bond acceptors (Lipinski definition) is 5. The Kier molecular flexibility index (Phi) is 6.45. The highest BCUT2D eigenvalue weighted by Crippen LogP contribution is 2.27. The van der Waals surface area contributed by atoms with Crippen LogP contribution in [0, 0.1) is 0 Å². The summed E-state index contributed by atoms with van der Waals surface area (Å²) in [6.45, 7) is 7.77. The van der Waals surface area contributed by atoms with Crippen LogP contribution in [0.5, 0.6) is 0 Å². The van der Waals surface area contributed by atoms with Crippen molar-refractivity contribution in [2.24, 2.45) is 0 Å². The maximum Gasteiger partial charge on any atom is 0.413 e. The van der Waals surface area contributed by atoms with Gasteiger partial charge in [-0.1, -0.05) is 13.3 Å². The second kappa shape index (κ2) is 7.64. The molecule has 6 heteroatoms. The van der Waals surface area contributed by atoms with Gasteiger partial charge in [0.25, 0.3) is 0 Å². The van der Waals surface area contributed by atoms with Crippen molar-refractivity contribution in [3.05, 3.63) is 0 Å². The molecule has 2 atom stereocenters. The molecule has 0 N–H and O–H groups in total. The zero-order valence-electron chi connectivity index (χ0n) is 13.7. The highest BCUT2D eigenvalue weighted by molar-refractivity contribution is 5.82. The number of amides is 1. The van der Waals surface area contributed by atoms with Crippen molar-refractivity contribution in [2.45, 2.75) is 71.2 Å². The Bertz CT molecular complexity index is 364. The standard InChI is InChI=1S/C15H27NO5/c1-6-7-10-20-13(17)11-8-9-12(19-5)16(11)14(18)21-15(2,3)4/h11-12H,6-10H2,1-5H3/t11-,12?/m0/s1. The number of rotatable bonds is 5. The minimum absolute atomic E-state index is 0.381. The molecular weight excluding hydrogens is 274 g/mol. The van der Waals surface area contributed by atoms with Crippen LogP contribution in [-0.4, -0.2) is 48.5 Å². The van der Waals surface area contributed by atoms with Crippen LogP contribution in [0.3, 0.4) is 0 Å². The van der Waals surface area contributed by atoms with Gasteiger partial charge in [-0.2, -0.15) is 0 Å². The van der Waals surface area contributed by atoms with Gasteiger partial charge in [0.05, 0.1) is 6.61 Å². The zero-order chi connectivity index (χ0) is 16.0. The molecule has 0 bridgehead atoms. The SMILES string of the molecule is CCCCOC(=O)[C@@H]1CCC(OC)N1C(=O)OC(C)(C)C. The largest absolute Gasteiger partial charge is 0.464 e. The van der Waals surface area contributed by atoms with Crippen LogP contribution in [0.1, 0.15) is 53.4 Å². The normalized spacial score (nSPS) is 22.2. The maximum atomic E-state index is 12.3. The van der Waals surface area contributed by atoms with E-state index in [4.69, 9.17) is 14.2 Å². The fourth-order valence-electron chi connectivity index (χ4n) is 2.21. The van der Waals surface area contributed by atoms with Crippen molar-refractivity contribution < 1.29 is 23.8 Å². The molecule has 1 heterocycles. The molecule has 0 saturated carbocycles. The molecule has 0 aromatic carbocycles. The van der Waals surface area contributed by atoms with E-state index in [0.29, 0.717) is 19.4 Å². The van der Waals surface area contributed by atoms with Gasteiger partial charge in [-0.15, -0.1) is 0 Å². The quantitative estimate of drug-likeness (QED) is 0.577. The lowest BCUT2D eigenvalue weighted by Crippen LogP contribution is -2.48. The Morgan fingerprint density at radius 1 is 1.24 bits per heavy atom.